The molecule has 1 aromatic heterocycles. The fraction of sp³-hybridized carbons (Fsp3) is 0.304. The first kappa shape index (κ1) is 21.3. The molecule has 0 saturated carbocycles. The molecule has 2 aromatic carbocycles. The Hall–Kier alpha value is -2.90. The Kier molecular flexibility index (Phi) is 6.84. The van der Waals surface area contributed by atoms with Crippen LogP contribution in [0.25, 0.3) is 0 Å². The Balaban J connectivity index is 1.29. The number of aromatic nitrogens is 2. The van der Waals surface area contributed by atoms with Gasteiger partial charge in [-0.25, -0.2) is 4.39 Å². The van der Waals surface area contributed by atoms with Crippen molar-refractivity contribution in [2.45, 2.75) is 18.9 Å². The van der Waals surface area contributed by atoms with Crippen LogP contribution in [0, 0.1) is 5.82 Å². The van der Waals surface area contributed by atoms with Crippen molar-refractivity contribution in [3.63, 3.8) is 0 Å². The Bertz CT molecular complexity index is 1010. The molecule has 4 rings (SSSR count). The molecule has 0 radical (unpaired) electrons. The highest BCUT2D eigenvalue weighted by atomic mass is 35.5. The van der Waals surface area contributed by atoms with E-state index in [1.165, 1.54) is 12.1 Å². The second-order valence-electron chi connectivity index (χ2n) is 7.37. The molecule has 1 unspecified atom stereocenters. The Morgan fingerprint density at radius 1 is 1.23 bits per heavy atom. The van der Waals surface area contributed by atoms with Crippen LogP contribution < -0.4 is 4.74 Å². The number of H-pyrrole nitrogens is 1. The van der Waals surface area contributed by atoms with Crippen molar-refractivity contribution in [3.05, 3.63) is 82.4 Å². The molecule has 8 heteroatoms. The van der Waals surface area contributed by atoms with Crippen LogP contribution in [0.1, 0.15) is 23.1 Å². The third-order valence-electron chi connectivity index (χ3n) is 5.12. The van der Waals surface area contributed by atoms with Crippen molar-refractivity contribution >= 4 is 17.5 Å². The summed E-state index contributed by atoms with van der Waals surface area (Å²) in [5, 5.41) is 8.05. The molecular formula is C23H23ClFN3O3. The lowest BCUT2D eigenvalue weighted by Crippen LogP contribution is -2.43. The van der Waals surface area contributed by atoms with Gasteiger partial charge in [0.25, 0.3) is 0 Å². The van der Waals surface area contributed by atoms with Gasteiger partial charge >= 0.3 is 0 Å². The van der Waals surface area contributed by atoms with E-state index in [9.17, 15) is 9.18 Å². The Morgan fingerprint density at radius 3 is 2.77 bits per heavy atom. The maximum atomic E-state index is 13.1. The number of benzene rings is 2. The van der Waals surface area contributed by atoms with E-state index in [0.717, 1.165) is 22.7 Å². The molecule has 2 heterocycles. The van der Waals surface area contributed by atoms with Crippen LogP contribution >= 0.6 is 11.6 Å². The number of halogens is 2. The molecule has 1 N–H and O–H groups in total. The van der Waals surface area contributed by atoms with E-state index < -0.39 is 0 Å². The molecule has 1 aliphatic heterocycles. The van der Waals surface area contributed by atoms with Gasteiger partial charge in [-0.05, 0) is 48.0 Å². The van der Waals surface area contributed by atoms with Crippen LogP contribution in [-0.2, 0) is 22.4 Å². The van der Waals surface area contributed by atoms with Crippen LogP contribution in [0.3, 0.4) is 0 Å². The lowest BCUT2D eigenvalue weighted by Gasteiger charge is -2.32. The van der Waals surface area contributed by atoms with Gasteiger partial charge in [-0.15, -0.1) is 0 Å². The van der Waals surface area contributed by atoms with Crippen LogP contribution in [0.5, 0.6) is 5.75 Å². The smallest absolute Gasteiger partial charge is 0.227 e. The van der Waals surface area contributed by atoms with Gasteiger partial charge in [0.1, 0.15) is 17.7 Å². The highest BCUT2D eigenvalue weighted by molar-refractivity contribution is 6.30. The predicted octanol–water partition coefficient (Wildman–Crippen LogP) is 3.97. The average molecular weight is 444 g/mol. The Labute approximate surface area is 184 Å². The van der Waals surface area contributed by atoms with E-state index in [2.05, 4.69) is 10.2 Å². The quantitative estimate of drug-likeness (QED) is 0.600. The maximum Gasteiger partial charge on any atom is 0.227 e. The molecule has 0 bridgehead atoms. The first-order valence-electron chi connectivity index (χ1n) is 10.1. The number of morpholine rings is 1. The summed E-state index contributed by atoms with van der Waals surface area (Å²) in [6.07, 6.45) is 0.615. The van der Waals surface area contributed by atoms with Gasteiger partial charge in [-0.1, -0.05) is 23.7 Å². The van der Waals surface area contributed by atoms with Gasteiger partial charge in [-0.3, -0.25) is 9.89 Å². The summed E-state index contributed by atoms with van der Waals surface area (Å²) >= 11 is 5.88. The molecule has 0 spiro atoms. The first-order chi connectivity index (χ1) is 15.1. The van der Waals surface area contributed by atoms with Gasteiger partial charge in [0.2, 0.25) is 5.91 Å². The molecule has 0 aliphatic carbocycles. The normalized spacial score (nSPS) is 16.3. The standard InChI is InChI=1S/C23H23ClFN3O3/c24-17-3-7-20(8-4-17)30-11-9-19-14-21(27-26-19)22-15-28(10-12-31-22)23(29)13-16-1-5-18(25)6-2-16/h1-8,14,22H,9-13,15H2,(H,26,27). The minimum Gasteiger partial charge on any atom is -0.493 e. The lowest BCUT2D eigenvalue weighted by molar-refractivity contribution is -0.138. The third kappa shape index (κ3) is 5.83. The second-order valence-corrected chi connectivity index (χ2v) is 7.81. The van der Waals surface area contributed by atoms with E-state index in [4.69, 9.17) is 21.1 Å². The van der Waals surface area contributed by atoms with Crippen molar-refractivity contribution in [2.75, 3.05) is 26.3 Å². The fourth-order valence-corrected chi connectivity index (χ4v) is 3.55. The van der Waals surface area contributed by atoms with Crippen LogP contribution in [-0.4, -0.2) is 47.3 Å². The average Bonchev–Trinajstić information content (AvgIpc) is 3.26. The van der Waals surface area contributed by atoms with E-state index in [1.807, 2.05) is 18.2 Å². The number of carbonyl (C=O) groups is 1. The summed E-state index contributed by atoms with van der Waals surface area (Å²) < 4.78 is 24.6. The first-order valence-corrected chi connectivity index (χ1v) is 10.5. The number of nitrogens with zero attached hydrogens (tertiary/aromatic N) is 2. The molecule has 1 fully saturated rings. The molecular weight excluding hydrogens is 421 g/mol. The molecule has 6 nitrogen and oxygen atoms in total. The number of hydrogen-bond acceptors (Lipinski definition) is 4. The predicted molar refractivity (Wildman–Crippen MR) is 115 cm³/mol. The zero-order chi connectivity index (χ0) is 21.6. The number of rotatable bonds is 7. The molecule has 162 valence electrons. The number of ether oxygens (including phenoxy) is 2. The SMILES string of the molecule is O=C(Cc1ccc(F)cc1)N1CCOC(c2cc(CCOc3ccc(Cl)cc3)[nH]n2)C1. The van der Waals surface area contributed by atoms with Crippen LogP contribution in [0.4, 0.5) is 4.39 Å². The highest BCUT2D eigenvalue weighted by Gasteiger charge is 2.27. The van der Waals surface area contributed by atoms with Crippen molar-refractivity contribution in [1.29, 1.82) is 0 Å². The van der Waals surface area contributed by atoms with Crippen LogP contribution in [0.2, 0.25) is 5.02 Å². The van der Waals surface area contributed by atoms with Crippen molar-refractivity contribution in [1.82, 2.24) is 15.1 Å². The summed E-state index contributed by atoms with van der Waals surface area (Å²) in [6.45, 7) is 1.91. The van der Waals surface area contributed by atoms with E-state index >= 15 is 0 Å². The minimum absolute atomic E-state index is 0.00738. The molecule has 31 heavy (non-hydrogen) atoms. The van der Waals surface area contributed by atoms with Gasteiger partial charge in [0.15, 0.2) is 0 Å². The van der Waals surface area contributed by atoms with E-state index in [0.29, 0.717) is 37.7 Å². The topological polar surface area (TPSA) is 67.5 Å². The van der Waals surface area contributed by atoms with Crippen molar-refractivity contribution in [3.8, 4) is 5.75 Å². The summed E-state index contributed by atoms with van der Waals surface area (Å²) in [5.41, 5.74) is 2.49. The number of amides is 1. The summed E-state index contributed by atoms with van der Waals surface area (Å²) in [5.74, 6) is 0.442. The summed E-state index contributed by atoms with van der Waals surface area (Å²) in [7, 11) is 0. The van der Waals surface area contributed by atoms with Crippen molar-refractivity contribution in [2.24, 2.45) is 0 Å². The lowest BCUT2D eigenvalue weighted by atomic mass is 10.1. The fourth-order valence-electron chi connectivity index (χ4n) is 3.43. The molecule has 1 saturated heterocycles. The van der Waals surface area contributed by atoms with E-state index in [-0.39, 0.29) is 24.2 Å². The number of carbonyl (C=O) groups excluding carboxylic acids is 1. The molecule has 1 atom stereocenters. The zero-order valence-corrected chi connectivity index (χ0v) is 17.6. The number of aromatic amines is 1. The van der Waals surface area contributed by atoms with Gasteiger partial charge in [0.05, 0.1) is 31.9 Å². The monoisotopic (exact) mass is 443 g/mol. The van der Waals surface area contributed by atoms with Gasteiger partial charge in [0, 0.05) is 23.7 Å². The summed E-state index contributed by atoms with van der Waals surface area (Å²) in [6, 6.07) is 15.2. The van der Waals surface area contributed by atoms with Crippen LogP contribution in [0.15, 0.2) is 54.6 Å². The third-order valence-corrected chi connectivity index (χ3v) is 5.37. The maximum absolute atomic E-state index is 13.1. The highest BCUT2D eigenvalue weighted by Crippen LogP contribution is 2.22. The molecule has 1 aliphatic rings. The van der Waals surface area contributed by atoms with Gasteiger partial charge < -0.3 is 14.4 Å². The zero-order valence-electron chi connectivity index (χ0n) is 16.9. The van der Waals surface area contributed by atoms with E-state index in [1.54, 1.807) is 29.2 Å². The van der Waals surface area contributed by atoms with Crippen molar-refractivity contribution < 1.29 is 18.7 Å². The number of hydrogen-bond donors (Lipinski definition) is 1. The summed E-state index contributed by atoms with van der Waals surface area (Å²) in [4.78, 5) is 14.4. The van der Waals surface area contributed by atoms with Gasteiger partial charge in [-0.2, -0.15) is 5.10 Å². The minimum atomic E-state index is -0.310. The largest absolute Gasteiger partial charge is 0.493 e. The Morgan fingerprint density at radius 2 is 2.00 bits per heavy atom. The molecule has 1 amide bonds. The molecule has 3 aromatic rings. The second kappa shape index (κ2) is 9.94. The number of nitrogens with one attached hydrogen (secondary N) is 1.